The zero-order valence-electron chi connectivity index (χ0n) is 8.71. The second-order valence-electron chi connectivity index (χ2n) is 3.65. The first-order valence-corrected chi connectivity index (χ1v) is 6.28. The van der Waals surface area contributed by atoms with E-state index in [1.807, 2.05) is 0 Å². The lowest BCUT2D eigenvalue weighted by Crippen LogP contribution is -2.33. The van der Waals surface area contributed by atoms with Gasteiger partial charge in [-0.15, -0.1) is 0 Å². The molecule has 2 atom stereocenters. The van der Waals surface area contributed by atoms with Crippen molar-refractivity contribution in [2.24, 2.45) is 5.92 Å². The molecule has 0 aromatic heterocycles. The van der Waals surface area contributed by atoms with Gasteiger partial charge in [-0.3, -0.25) is 0 Å². The molecule has 1 aliphatic heterocycles. The Morgan fingerprint density at radius 1 is 1.62 bits per heavy atom. The van der Waals surface area contributed by atoms with Crippen LogP contribution >= 0.6 is 11.8 Å². The summed E-state index contributed by atoms with van der Waals surface area (Å²) in [6.07, 6.45) is 3.84. The van der Waals surface area contributed by atoms with Crippen molar-refractivity contribution in [3.05, 3.63) is 0 Å². The van der Waals surface area contributed by atoms with Gasteiger partial charge in [0, 0.05) is 19.8 Å². The molecule has 0 spiro atoms. The third-order valence-electron chi connectivity index (χ3n) is 2.77. The van der Waals surface area contributed by atoms with Crippen molar-refractivity contribution in [1.82, 2.24) is 5.32 Å². The summed E-state index contributed by atoms with van der Waals surface area (Å²) >= 11 is 2.09. The fraction of sp³-hybridized carbons (Fsp3) is 1.00. The summed E-state index contributed by atoms with van der Waals surface area (Å²) in [4.78, 5) is 0. The molecule has 2 nitrogen and oxygen atoms in total. The first-order chi connectivity index (χ1) is 6.38. The van der Waals surface area contributed by atoms with Gasteiger partial charge in [-0.1, -0.05) is 0 Å². The van der Waals surface area contributed by atoms with E-state index >= 15 is 0 Å². The summed E-state index contributed by atoms with van der Waals surface area (Å²) in [6, 6.07) is 0.713. The highest BCUT2D eigenvalue weighted by Gasteiger charge is 2.23. The molecule has 13 heavy (non-hydrogen) atoms. The van der Waals surface area contributed by atoms with E-state index in [2.05, 4.69) is 24.1 Å². The quantitative estimate of drug-likeness (QED) is 0.665. The minimum atomic E-state index is 0.713. The van der Waals surface area contributed by atoms with Crippen molar-refractivity contribution in [2.45, 2.75) is 25.3 Å². The summed E-state index contributed by atoms with van der Waals surface area (Å²) in [7, 11) is 3.86. The second kappa shape index (κ2) is 6.68. The highest BCUT2D eigenvalue weighted by atomic mass is 32.2. The molecule has 1 rings (SSSR count). The van der Waals surface area contributed by atoms with Crippen molar-refractivity contribution in [3.63, 3.8) is 0 Å². The van der Waals surface area contributed by atoms with Crippen LogP contribution < -0.4 is 5.32 Å². The third kappa shape index (κ3) is 3.88. The predicted molar refractivity (Wildman–Crippen MR) is 59.4 cm³/mol. The van der Waals surface area contributed by atoms with Crippen molar-refractivity contribution in [1.29, 1.82) is 0 Å². The normalized spacial score (nSPS) is 24.9. The number of methoxy groups -OCH3 is 1. The molecule has 0 aliphatic carbocycles. The fourth-order valence-electron chi connectivity index (χ4n) is 1.93. The third-order valence-corrected chi connectivity index (χ3v) is 3.96. The van der Waals surface area contributed by atoms with Crippen LogP contribution in [0, 0.1) is 5.92 Å². The van der Waals surface area contributed by atoms with Gasteiger partial charge in [0.05, 0.1) is 0 Å². The van der Waals surface area contributed by atoms with Crippen LogP contribution in [0.3, 0.4) is 0 Å². The zero-order chi connectivity index (χ0) is 9.52. The Bertz CT molecular complexity index is 126. The maximum atomic E-state index is 5.07. The summed E-state index contributed by atoms with van der Waals surface area (Å²) < 4.78 is 5.07. The van der Waals surface area contributed by atoms with Crippen LogP contribution in [0.2, 0.25) is 0 Å². The van der Waals surface area contributed by atoms with Crippen LogP contribution in [-0.4, -0.2) is 38.3 Å². The molecule has 0 radical (unpaired) electrons. The number of nitrogens with one attached hydrogen (secondary N) is 1. The molecule has 2 unspecified atom stereocenters. The maximum absolute atomic E-state index is 5.07. The first-order valence-electron chi connectivity index (χ1n) is 5.12. The largest absolute Gasteiger partial charge is 0.385 e. The standard InChI is InChI=1S/C10H21NOS/c1-11-10(4-3-6-12-2)9-5-7-13-8-9/h9-11H,3-8H2,1-2H3. The Morgan fingerprint density at radius 3 is 3.00 bits per heavy atom. The number of rotatable bonds is 6. The molecule has 1 fully saturated rings. The summed E-state index contributed by atoms with van der Waals surface area (Å²) in [6.45, 7) is 0.901. The zero-order valence-corrected chi connectivity index (χ0v) is 9.53. The number of thioether (sulfide) groups is 1. The van der Waals surface area contributed by atoms with Gasteiger partial charge in [-0.2, -0.15) is 11.8 Å². The van der Waals surface area contributed by atoms with E-state index in [-0.39, 0.29) is 0 Å². The first kappa shape index (κ1) is 11.3. The summed E-state index contributed by atoms with van der Waals surface area (Å²) in [5, 5.41) is 3.43. The molecule has 0 saturated carbocycles. The molecule has 0 amide bonds. The average Bonchev–Trinajstić information content (AvgIpc) is 2.65. The molecule has 0 aromatic rings. The fourth-order valence-corrected chi connectivity index (χ4v) is 3.27. The van der Waals surface area contributed by atoms with Crippen molar-refractivity contribution < 1.29 is 4.74 Å². The van der Waals surface area contributed by atoms with E-state index in [9.17, 15) is 0 Å². The summed E-state index contributed by atoms with van der Waals surface area (Å²) in [5.74, 6) is 3.60. The molecule has 1 heterocycles. The lowest BCUT2D eigenvalue weighted by atomic mass is 9.95. The van der Waals surface area contributed by atoms with Crippen LogP contribution in [0.1, 0.15) is 19.3 Å². The Labute approximate surface area is 85.8 Å². The SMILES string of the molecule is CNC(CCCOC)C1CCSC1. The lowest BCUT2D eigenvalue weighted by Gasteiger charge is -2.22. The van der Waals surface area contributed by atoms with Gasteiger partial charge in [-0.25, -0.2) is 0 Å². The Hall–Kier alpha value is 0.270. The molecular weight excluding hydrogens is 182 g/mol. The Morgan fingerprint density at radius 2 is 2.46 bits per heavy atom. The van der Waals surface area contributed by atoms with Gasteiger partial charge in [0.25, 0.3) is 0 Å². The Balaban J connectivity index is 2.16. The van der Waals surface area contributed by atoms with E-state index in [4.69, 9.17) is 4.74 Å². The highest BCUT2D eigenvalue weighted by molar-refractivity contribution is 7.99. The maximum Gasteiger partial charge on any atom is 0.0462 e. The minimum Gasteiger partial charge on any atom is -0.385 e. The number of ether oxygens (including phenoxy) is 1. The van der Waals surface area contributed by atoms with Crippen LogP contribution in [0.15, 0.2) is 0 Å². The lowest BCUT2D eigenvalue weighted by molar-refractivity contribution is 0.185. The van der Waals surface area contributed by atoms with E-state index < -0.39 is 0 Å². The van der Waals surface area contributed by atoms with Gasteiger partial charge < -0.3 is 10.1 Å². The smallest absolute Gasteiger partial charge is 0.0462 e. The van der Waals surface area contributed by atoms with Gasteiger partial charge in [0.2, 0.25) is 0 Å². The van der Waals surface area contributed by atoms with Gasteiger partial charge in [0.15, 0.2) is 0 Å². The Kier molecular flexibility index (Phi) is 5.83. The molecular formula is C10H21NOS. The van der Waals surface area contributed by atoms with Gasteiger partial charge in [0.1, 0.15) is 0 Å². The molecule has 78 valence electrons. The van der Waals surface area contributed by atoms with Crippen molar-refractivity contribution >= 4 is 11.8 Å². The predicted octanol–water partition coefficient (Wildman–Crippen LogP) is 1.75. The molecule has 1 aliphatic rings. The topological polar surface area (TPSA) is 21.3 Å². The molecule has 0 bridgehead atoms. The minimum absolute atomic E-state index is 0.713. The van der Waals surface area contributed by atoms with Crippen LogP contribution in [-0.2, 0) is 4.74 Å². The van der Waals surface area contributed by atoms with Crippen LogP contribution in [0.4, 0.5) is 0 Å². The van der Waals surface area contributed by atoms with E-state index in [1.165, 1.54) is 30.8 Å². The second-order valence-corrected chi connectivity index (χ2v) is 4.80. The molecule has 1 saturated heterocycles. The van der Waals surface area contributed by atoms with E-state index in [1.54, 1.807) is 7.11 Å². The van der Waals surface area contributed by atoms with Crippen molar-refractivity contribution in [3.8, 4) is 0 Å². The number of hydrogen-bond acceptors (Lipinski definition) is 3. The molecule has 3 heteroatoms. The highest BCUT2D eigenvalue weighted by Crippen LogP contribution is 2.27. The molecule has 0 aromatic carbocycles. The summed E-state index contributed by atoms with van der Waals surface area (Å²) in [5.41, 5.74) is 0. The monoisotopic (exact) mass is 203 g/mol. The molecule has 1 N–H and O–H groups in total. The average molecular weight is 203 g/mol. The van der Waals surface area contributed by atoms with Crippen molar-refractivity contribution in [2.75, 3.05) is 32.3 Å². The van der Waals surface area contributed by atoms with Gasteiger partial charge in [-0.05, 0) is 43.7 Å². The van der Waals surface area contributed by atoms with Crippen LogP contribution in [0.25, 0.3) is 0 Å². The van der Waals surface area contributed by atoms with Gasteiger partial charge >= 0.3 is 0 Å². The van der Waals surface area contributed by atoms with Crippen LogP contribution in [0.5, 0.6) is 0 Å². The van der Waals surface area contributed by atoms with E-state index in [0.29, 0.717) is 6.04 Å². The number of hydrogen-bond donors (Lipinski definition) is 1. The van der Waals surface area contributed by atoms with E-state index in [0.717, 1.165) is 12.5 Å².